The third-order valence-electron chi connectivity index (χ3n) is 2.01. The highest BCUT2D eigenvalue weighted by Gasteiger charge is 2.30. The Kier molecular flexibility index (Phi) is 4.15. The number of hydrogen-bond acceptors (Lipinski definition) is 1. The van der Waals surface area contributed by atoms with E-state index in [2.05, 4.69) is 0 Å². The van der Waals surface area contributed by atoms with Crippen LogP contribution in [0.25, 0.3) is 0 Å². The van der Waals surface area contributed by atoms with Gasteiger partial charge in [-0.15, -0.1) is 0 Å². The van der Waals surface area contributed by atoms with Crippen LogP contribution in [0.5, 0.6) is 0 Å². The SMILES string of the molecule is NC(Cc1cccc(F)c1Cl)CC(F)(F)F. The summed E-state index contributed by atoms with van der Waals surface area (Å²) in [5, 5.41) is -0.167. The van der Waals surface area contributed by atoms with E-state index in [0.29, 0.717) is 5.56 Å². The van der Waals surface area contributed by atoms with Crippen LogP contribution >= 0.6 is 11.6 Å². The lowest BCUT2D eigenvalue weighted by atomic mass is 10.0. The summed E-state index contributed by atoms with van der Waals surface area (Å²) in [4.78, 5) is 0. The molecule has 0 spiro atoms. The first-order valence-corrected chi connectivity index (χ1v) is 4.92. The van der Waals surface area contributed by atoms with Gasteiger partial charge in [-0.05, 0) is 18.1 Å². The lowest BCUT2D eigenvalue weighted by Crippen LogP contribution is -2.29. The van der Waals surface area contributed by atoms with E-state index in [1.807, 2.05) is 0 Å². The Hall–Kier alpha value is -0.810. The molecule has 2 N–H and O–H groups in total. The molecule has 16 heavy (non-hydrogen) atoms. The quantitative estimate of drug-likeness (QED) is 0.824. The van der Waals surface area contributed by atoms with Crippen LogP contribution in [0.2, 0.25) is 5.02 Å². The Labute approximate surface area is 95.2 Å². The molecule has 90 valence electrons. The lowest BCUT2D eigenvalue weighted by molar-refractivity contribution is -0.138. The van der Waals surface area contributed by atoms with Gasteiger partial charge in [-0.2, -0.15) is 13.2 Å². The first kappa shape index (κ1) is 13.3. The van der Waals surface area contributed by atoms with Crippen molar-refractivity contribution in [3.05, 3.63) is 34.6 Å². The standard InChI is InChI=1S/C10H10ClF4N/c11-9-6(2-1-3-8(9)12)4-7(16)5-10(13,14)15/h1-3,7H,4-5,16H2. The van der Waals surface area contributed by atoms with Crippen molar-refractivity contribution in [1.82, 2.24) is 0 Å². The van der Waals surface area contributed by atoms with Crippen LogP contribution in [0.4, 0.5) is 17.6 Å². The van der Waals surface area contributed by atoms with Gasteiger partial charge in [0.05, 0.1) is 11.4 Å². The predicted octanol–water partition coefficient (Wildman–Crippen LogP) is 3.30. The van der Waals surface area contributed by atoms with Gasteiger partial charge in [0.25, 0.3) is 0 Å². The molecule has 1 rings (SSSR count). The molecule has 1 nitrogen and oxygen atoms in total. The van der Waals surface area contributed by atoms with Crippen LogP contribution in [0.3, 0.4) is 0 Å². The van der Waals surface area contributed by atoms with E-state index in [1.54, 1.807) is 0 Å². The summed E-state index contributed by atoms with van der Waals surface area (Å²) in [5.41, 5.74) is 5.60. The highest BCUT2D eigenvalue weighted by atomic mass is 35.5. The van der Waals surface area contributed by atoms with Gasteiger partial charge in [0.1, 0.15) is 5.82 Å². The number of halogens is 5. The first-order chi connectivity index (χ1) is 7.29. The van der Waals surface area contributed by atoms with Gasteiger partial charge in [0, 0.05) is 6.04 Å². The molecule has 0 fully saturated rings. The van der Waals surface area contributed by atoms with Gasteiger partial charge in [-0.3, -0.25) is 0 Å². The van der Waals surface area contributed by atoms with Crippen molar-refractivity contribution in [2.75, 3.05) is 0 Å². The maximum absolute atomic E-state index is 13.0. The van der Waals surface area contributed by atoms with Crippen molar-refractivity contribution >= 4 is 11.6 Å². The maximum Gasteiger partial charge on any atom is 0.390 e. The number of hydrogen-bond donors (Lipinski definition) is 1. The minimum absolute atomic E-state index is 0.101. The Balaban J connectivity index is 2.70. The number of benzene rings is 1. The van der Waals surface area contributed by atoms with Crippen molar-refractivity contribution in [3.63, 3.8) is 0 Å². The zero-order valence-corrected chi connectivity index (χ0v) is 8.95. The van der Waals surface area contributed by atoms with Gasteiger partial charge in [0.15, 0.2) is 0 Å². The summed E-state index contributed by atoms with van der Waals surface area (Å²) < 4.78 is 49.0. The minimum Gasteiger partial charge on any atom is -0.327 e. The third-order valence-corrected chi connectivity index (χ3v) is 2.43. The molecule has 0 aromatic heterocycles. The Morgan fingerprint density at radius 3 is 2.50 bits per heavy atom. The molecule has 0 aliphatic heterocycles. The van der Waals surface area contributed by atoms with Crippen LogP contribution in [0.15, 0.2) is 18.2 Å². The molecule has 0 aliphatic rings. The first-order valence-electron chi connectivity index (χ1n) is 4.55. The summed E-state index contributed by atoms with van der Waals surface area (Å²) in [7, 11) is 0. The van der Waals surface area contributed by atoms with E-state index < -0.39 is 24.5 Å². The zero-order chi connectivity index (χ0) is 12.3. The van der Waals surface area contributed by atoms with Gasteiger partial charge in [-0.25, -0.2) is 4.39 Å². The maximum atomic E-state index is 13.0. The van der Waals surface area contributed by atoms with E-state index in [1.165, 1.54) is 12.1 Å². The zero-order valence-electron chi connectivity index (χ0n) is 8.19. The summed E-state index contributed by atoms with van der Waals surface area (Å²) in [6.45, 7) is 0. The molecule has 0 amide bonds. The number of nitrogens with two attached hydrogens (primary N) is 1. The normalized spacial score (nSPS) is 13.9. The number of alkyl halides is 3. The van der Waals surface area contributed by atoms with Gasteiger partial charge < -0.3 is 5.73 Å². The molecule has 0 saturated heterocycles. The van der Waals surface area contributed by atoms with Crippen LogP contribution in [0.1, 0.15) is 12.0 Å². The second-order valence-corrected chi connectivity index (χ2v) is 3.87. The van der Waals surface area contributed by atoms with Gasteiger partial charge >= 0.3 is 6.18 Å². The largest absolute Gasteiger partial charge is 0.390 e. The summed E-state index contributed by atoms with van der Waals surface area (Å²) in [6.07, 6.45) is -5.53. The van der Waals surface area contributed by atoms with E-state index >= 15 is 0 Å². The smallest absolute Gasteiger partial charge is 0.327 e. The van der Waals surface area contributed by atoms with E-state index in [0.717, 1.165) is 6.07 Å². The molecule has 1 aromatic carbocycles. The van der Waals surface area contributed by atoms with Gasteiger partial charge in [-0.1, -0.05) is 23.7 Å². The van der Waals surface area contributed by atoms with E-state index in [4.69, 9.17) is 17.3 Å². The van der Waals surface area contributed by atoms with Crippen molar-refractivity contribution in [2.45, 2.75) is 25.1 Å². The fourth-order valence-electron chi connectivity index (χ4n) is 1.36. The second kappa shape index (κ2) is 5.01. The van der Waals surface area contributed by atoms with Crippen LogP contribution in [0, 0.1) is 5.82 Å². The van der Waals surface area contributed by atoms with Crippen LogP contribution < -0.4 is 5.73 Å². The molecule has 1 aromatic rings. The highest BCUT2D eigenvalue weighted by Crippen LogP contribution is 2.25. The third kappa shape index (κ3) is 3.98. The molecular formula is C10H10ClF4N. The second-order valence-electron chi connectivity index (χ2n) is 3.50. The minimum atomic E-state index is -4.32. The highest BCUT2D eigenvalue weighted by molar-refractivity contribution is 6.31. The van der Waals surface area contributed by atoms with E-state index in [9.17, 15) is 17.6 Å². The molecule has 1 unspecified atom stereocenters. The van der Waals surface area contributed by atoms with Crippen LogP contribution in [-0.4, -0.2) is 12.2 Å². The van der Waals surface area contributed by atoms with Crippen molar-refractivity contribution in [1.29, 1.82) is 0 Å². The molecule has 0 radical (unpaired) electrons. The Morgan fingerprint density at radius 2 is 1.94 bits per heavy atom. The molecule has 6 heteroatoms. The summed E-state index contributed by atoms with van der Waals surface area (Å²) >= 11 is 5.60. The molecule has 1 atom stereocenters. The average Bonchev–Trinajstić information content (AvgIpc) is 2.09. The summed E-state index contributed by atoms with van der Waals surface area (Å²) in [5.74, 6) is -0.654. The molecule has 0 aliphatic carbocycles. The summed E-state index contributed by atoms with van der Waals surface area (Å²) in [6, 6.07) is 2.87. The number of rotatable bonds is 3. The molecule has 0 saturated carbocycles. The topological polar surface area (TPSA) is 26.0 Å². The van der Waals surface area contributed by atoms with Crippen molar-refractivity contribution < 1.29 is 17.6 Å². The molecular weight excluding hydrogens is 246 g/mol. The van der Waals surface area contributed by atoms with E-state index in [-0.39, 0.29) is 11.4 Å². The van der Waals surface area contributed by atoms with Gasteiger partial charge in [0.2, 0.25) is 0 Å². The fourth-order valence-corrected chi connectivity index (χ4v) is 1.56. The average molecular weight is 256 g/mol. The Morgan fingerprint density at radius 1 is 1.31 bits per heavy atom. The van der Waals surface area contributed by atoms with Crippen molar-refractivity contribution in [2.24, 2.45) is 5.73 Å². The molecule has 0 heterocycles. The monoisotopic (exact) mass is 255 g/mol. The molecule has 0 bridgehead atoms. The van der Waals surface area contributed by atoms with Crippen molar-refractivity contribution in [3.8, 4) is 0 Å². The Bertz CT molecular complexity index is 364. The fraction of sp³-hybridized carbons (Fsp3) is 0.400. The van der Waals surface area contributed by atoms with Crippen LogP contribution in [-0.2, 0) is 6.42 Å². The predicted molar refractivity (Wildman–Crippen MR) is 53.8 cm³/mol. The lowest BCUT2D eigenvalue weighted by Gasteiger charge is -2.14.